The van der Waals surface area contributed by atoms with Crippen LogP contribution in [0.15, 0.2) is 6.20 Å². The van der Waals surface area contributed by atoms with Crippen LogP contribution < -0.4 is 10.2 Å². The molecule has 0 saturated carbocycles. The Morgan fingerprint density at radius 1 is 1.61 bits per heavy atom. The lowest BCUT2D eigenvalue weighted by Crippen LogP contribution is -2.28. The van der Waals surface area contributed by atoms with Gasteiger partial charge in [-0.05, 0) is 6.42 Å². The average molecular weight is 255 g/mol. The third kappa shape index (κ3) is 2.34. The van der Waals surface area contributed by atoms with Gasteiger partial charge in [0.15, 0.2) is 0 Å². The van der Waals surface area contributed by atoms with Gasteiger partial charge in [-0.15, -0.1) is 0 Å². The van der Waals surface area contributed by atoms with Crippen molar-refractivity contribution >= 4 is 17.6 Å². The smallest absolute Gasteiger partial charge is 0.404 e. The maximum absolute atomic E-state index is 10.8. The molecular formula is C9H13N5O4. The normalized spacial score (nSPS) is 13.4. The molecular weight excluding hydrogens is 242 g/mol. The van der Waals surface area contributed by atoms with E-state index in [-0.39, 0.29) is 5.69 Å². The molecule has 0 radical (unpaired) electrons. The highest BCUT2D eigenvalue weighted by Crippen LogP contribution is 2.31. The highest BCUT2D eigenvalue weighted by Gasteiger charge is 2.29. The second-order valence-electron chi connectivity index (χ2n) is 3.91. The van der Waals surface area contributed by atoms with Gasteiger partial charge >= 0.3 is 11.8 Å². The molecule has 1 aliphatic rings. The Labute approximate surface area is 102 Å². The minimum absolute atomic E-state index is 0.00121. The molecule has 0 aromatic carbocycles. The second kappa shape index (κ2) is 4.90. The molecule has 2 rings (SSSR count). The molecule has 1 aromatic rings. The molecule has 0 unspecified atom stereocenters. The summed E-state index contributed by atoms with van der Waals surface area (Å²) in [6.45, 7) is 2.17. The molecule has 18 heavy (non-hydrogen) atoms. The van der Waals surface area contributed by atoms with Gasteiger partial charge in [-0.2, -0.15) is 5.10 Å². The molecule has 1 amide bonds. The molecule has 2 heterocycles. The average Bonchev–Trinajstić information content (AvgIpc) is 2.85. The first-order valence-electron chi connectivity index (χ1n) is 5.51. The molecule has 98 valence electrons. The summed E-state index contributed by atoms with van der Waals surface area (Å²) >= 11 is 0. The summed E-state index contributed by atoms with van der Waals surface area (Å²) in [4.78, 5) is 22.5. The van der Waals surface area contributed by atoms with Gasteiger partial charge in [-0.25, -0.2) is 9.48 Å². The van der Waals surface area contributed by atoms with E-state index in [4.69, 9.17) is 5.11 Å². The van der Waals surface area contributed by atoms with Crippen molar-refractivity contribution in [3.63, 3.8) is 0 Å². The molecule has 2 N–H and O–H groups in total. The largest absolute Gasteiger partial charge is 0.465 e. The number of nitrogens with one attached hydrogen (secondary N) is 1. The van der Waals surface area contributed by atoms with E-state index in [2.05, 4.69) is 10.4 Å². The first kappa shape index (κ1) is 12.1. The minimum Gasteiger partial charge on any atom is -0.465 e. The fourth-order valence-electron chi connectivity index (χ4n) is 1.99. The number of hydrogen-bond donors (Lipinski definition) is 2. The third-order valence-corrected chi connectivity index (χ3v) is 2.75. The number of nitrogens with zero attached hydrogens (tertiary/aromatic N) is 4. The van der Waals surface area contributed by atoms with Crippen LogP contribution >= 0.6 is 0 Å². The van der Waals surface area contributed by atoms with Gasteiger partial charge in [0.05, 0.1) is 11.5 Å². The molecule has 0 aliphatic carbocycles. The Hall–Kier alpha value is -2.32. The maximum atomic E-state index is 10.8. The van der Waals surface area contributed by atoms with Gasteiger partial charge < -0.3 is 15.3 Å². The molecule has 0 saturated heterocycles. The fourth-order valence-corrected chi connectivity index (χ4v) is 1.99. The Kier molecular flexibility index (Phi) is 3.31. The predicted molar refractivity (Wildman–Crippen MR) is 61.7 cm³/mol. The van der Waals surface area contributed by atoms with Crippen LogP contribution in [-0.2, 0) is 6.54 Å². The summed E-state index contributed by atoms with van der Waals surface area (Å²) in [5.74, 6) is 0.510. The summed E-state index contributed by atoms with van der Waals surface area (Å²) in [7, 11) is 0. The van der Waals surface area contributed by atoms with Crippen molar-refractivity contribution in [3.8, 4) is 0 Å². The van der Waals surface area contributed by atoms with Crippen LogP contribution in [0, 0.1) is 10.1 Å². The van der Waals surface area contributed by atoms with Crippen LogP contribution in [0.3, 0.4) is 0 Å². The second-order valence-corrected chi connectivity index (χ2v) is 3.91. The molecule has 0 bridgehead atoms. The standard InChI is InChI=1S/C9H13N5O4/c15-9(16)10-2-1-3-12-4-5-13-8(12)7(6-11-13)14(17)18/h6,10H,1-5H2,(H,15,16). The lowest BCUT2D eigenvalue weighted by atomic mass is 10.3. The number of nitro groups is 1. The molecule has 1 aliphatic heterocycles. The summed E-state index contributed by atoms with van der Waals surface area (Å²) in [6.07, 6.45) is 0.776. The molecule has 1 aromatic heterocycles. The van der Waals surface area contributed by atoms with Crippen molar-refractivity contribution < 1.29 is 14.8 Å². The van der Waals surface area contributed by atoms with Crippen molar-refractivity contribution in [3.05, 3.63) is 16.3 Å². The first-order chi connectivity index (χ1) is 8.59. The predicted octanol–water partition coefficient (Wildman–Crippen LogP) is 0.269. The van der Waals surface area contributed by atoms with Gasteiger partial charge in [-0.1, -0.05) is 0 Å². The Morgan fingerprint density at radius 3 is 3.06 bits per heavy atom. The molecule has 9 heteroatoms. The monoisotopic (exact) mass is 255 g/mol. The van der Waals surface area contributed by atoms with Crippen LogP contribution in [0.4, 0.5) is 16.3 Å². The van der Waals surface area contributed by atoms with E-state index in [0.29, 0.717) is 38.4 Å². The summed E-state index contributed by atoms with van der Waals surface area (Å²) in [5, 5.41) is 25.4. The minimum atomic E-state index is -1.06. The Balaban J connectivity index is 1.96. The number of anilines is 1. The number of fused-ring (bicyclic) bond motifs is 1. The topological polar surface area (TPSA) is 114 Å². The van der Waals surface area contributed by atoms with Crippen molar-refractivity contribution in [2.75, 3.05) is 24.5 Å². The van der Waals surface area contributed by atoms with Gasteiger partial charge in [0.25, 0.3) is 0 Å². The van der Waals surface area contributed by atoms with Gasteiger partial charge in [0.2, 0.25) is 5.82 Å². The van der Waals surface area contributed by atoms with E-state index < -0.39 is 11.0 Å². The maximum Gasteiger partial charge on any atom is 0.404 e. The number of amides is 1. The summed E-state index contributed by atoms with van der Waals surface area (Å²) in [5.41, 5.74) is -0.00121. The number of aromatic nitrogens is 2. The van der Waals surface area contributed by atoms with Crippen LogP contribution in [0.5, 0.6) is 0 Å². The van der Waals surface area contributed by atoms with E-state index in [1.54, 1.807) is 4.68 Å². The van der Waals surface area contributed by atoms with E-state index >= 15 is 0 Å². The molecule has 0 spiro atoms. The van der Waals surface area contributed by atoms with Crippen molar-refractivity contribution in [2.45, 2.75) is 13.0 Å². The number of rotatable bonds is 5. The highest BCUT2D eigenvalue weighted by molar-refractivity contribution is 5.64. The number of hydrogen-bond acceptors (Lipinski definition) is 5. The van der Waals surface area contributed by atoms with Gasteiger partial charge in [0.1, 0.15) is 6.20 Å². The molecule has 0 fully saturated rings. The van der Waals surface area contributed by atoms with Crippen LogP contribution in [0.2, 0.25) is 0 Å². The van der Waals surface area contributed by atoms with E-state index in [1.165, 1.54) is 6.20 Å². The van der Waals surface area contributed by atoms with Crippen molar-refractivity contribution in [1.29, 1.82) is 0 Å². The Bertz CT molecular complexity index is 472. The Morgan fingerprint density at radius 2 is 2.39 bits per heavy atom. The number of carboxylic acid groups (broad SMARTS) is 1. The molecule has 0 atom stereocenters. The van der Waals surface area contributed by atoms with Crippen molar-refractivity contribution in [1.82, 2.24) is 15.1 Å². The lowest BCUT2D eigenvalue weighted by molar-refractivity contribution is -0.384. The highest BCUT2D eigenvalue weighted by atomic mass is 16.6. The zero-order valence-corrected chi connectivity index (χ0v) is 9.57. The van der Waals surface area contributed by atoms with Crippen LogP contribution in [-0.4, -0.2) is 45.5 Å². The zero-order chi connectivity index (χ0) is 13.1. The zero-order valence-electron chi connectivity index (χ0n) is 9.57. The molecule has 9 nitrogen and oxygen atoms in total. The van der Waals surface area contributed by atoms with E-state index in [9.17, 15) is 14.9 Å². The van der Waals surface area contributed by atoms with Crippen LogP contribution in [0.1, 0.15) is 6.42 Å². The first-order valence-corrected chi connectivity index (χ1v) is 5.51. The van der Waals surface area contributed by atoms with Gasteiger partial charge in [0, 0.05) is 19.6 Å². The van der Waals surface area contributed by atoms with Gasteiger partial charge in [-0.3, -0.25) is 10.1 Å². The van der Waals surface area contributed by atoms with E-state index in [1.807, 2.05) is 4.90 Å². The summed E-state index contributed by atoms with van der Waals surface area (Å²) < 4.78 is 1.60. The number of carbonyl (C=O) groups is 1. The van der Waals surface area contributed by atoms with Crippen LogP contribution in [0.25, 0.3) is 0 Å². The third-order valence-electron chi connectivity index (χ3n) is 2.75. The SMILES string of the molecule is O=C(O)NCCCN1CCn2ncc([N+](=O)[O-])c21. The van der Waals surface area contributed by atoms with E-state index in [0.717, 1.165) is 0 Å². The quantitative estimate of drug-likeness (QED) is 0.443. The summed E-state index contributed by atoms with van der Waals surface area (Å²) in [6, 6.07) is 0. The fraction of sp³-hybridized carbons (Fsp3) is 0.556. The van der Waals surface area contributed by atoms with Crippen molar-refractivity contribution in [2.24, 2.45) is 0 Å². The lowest BCUT2D eigenvalue weighted by Gasteiger charge is -2.15.